The molecule has 2 heterocycles. The van der Waals surface area contributed by atoms with Crippen LogP contribution in [0.4, 0.5) is 5.69 Å². The number of carbonyl (C=O) groups is 3. The summed E-state index contributed by atoms with van der Waals surface area (Å²) in [6.45, 7) is 1.84. The van der Waals surface area contributed by atoms with Crippen LogP contribution in [0.1, 0.15) is 27.9 Å². The molecule has 0 aliphatic carbocycles. The zero-order chi connectivity index (χ0) is 23.9. The summed E-state index contributed by atoms with van der Waals surface area (Å²) in [5.74, 6) is -1.57. The SMILES string of the molecule is O=C(O)C[C@H]1Nc2cc(C(=O)NCCn3ccnc3)ccc2CN(CCc2ccccc2)C1=O. The molecular formula is C25H27N5O4. The van der Waals surface area contributed by atoms with Gasteiger partial charge in [0.15, 0.2) is 0 Å². The van der Waals surface area contributed by atoms with Crippen LogP contribution < -0.4 is 10.6 Å². The predicted molar refractivity (Wildman–Crippen MR) is 126 cm³/mol. The highest BCUT2D eigenvalue weighted by Crippen LogP contribution is 2.26. The van der Waals surface area contributed by atoms with E-state index in [1.54, 1.807) is 29.6 Å². The van der Waals surface area contributed by atoms with Crippen molar-refractivity contribution in [1.82, 2.24) is 19.8 Å². The molecule has 0 unspecified atom stereocenters. The van der Waals surface area contributed by atoms with Crippen molar-refractivity contribution in [2.24, 2.45) is 0 Å². The topological polar surface area (TPSA) is 117 Å². The lowest BCUT2D eigenvalue weighted by atomic mass is 10.1. The quantitative estimate of drug-likeness (QED) is 0.450. The number of hydrogen-bond donors (Lipinski definition) is 3. The highest BCUT2D eigenvalue weighted by molar-refractivity contribution is 5.96. The highest BCUT2D eigenvalue weighted by Gasteiger charge is 2.31. The second kappa shape index (κ2) is 10.7. The number of rotatable bonds is 9. The molecule has 0 saturated carbocycles. The lowest BCUT2D eigenvalue weighted by Gasteiger charge is -2.24. The number of carboxylic acid groups (broad SMARTS) is 1. The van der Waals surface area contributed by atoms with Gasteiger partial charge in [0.2, 0.25) is 5.91 Å². The molecule has 0 bridgehead atoms. The molecule has 176 valence electrons. The Hall–Kier alpha value is -4.14. The second-order valence-electron chi connectivity index (χ2n) is 8.22. The van der Waals surface area contributed by atoms with E-state index in [1.165, 1.54) is 0 Å². The number of anilines is 1. The fourth-order valence-electron chi connectivity index (χ4n) is 3.97. The normalized spacial score (nSPS) is 15.2. The van der Waals surface area contributed by atoms with Gasteiger partial charge in [0.25, 0.3) is 5.91 Å². The number of nitrogens with zero attached hydrogens (tertiary/aromatic N) is 3. The molecule has 1 aliphatic heterocycles. The van der Waals surface area contributed by atoms with Crippen molar-refractivity contribution in [3.8, 4) is 0 Å². The number of aliphatic carboxylic acids is 1. The third-order valence-corrected chi connectivity index (χ3v) is 5.78. The van der Waals surface area contributed by atoms with Crippen LogP contribution in [0.5, 0.6) is 0 Å². The van der Waals surface area contributed by atoms with Gasteiger partial charge in [-0.2, -0.15) is 0 Å². The Kier molecular flexibility index (Phi) is 7.22. The largest absolute Gasteiger partial charge is 0.481 e. The predicted octanol–water partition coefficient (Wildman–Crippen LogP) is 2.15. The molecule has 34 heavy (non-hydrogen) atoms. The Morgan fingerprint density at radius 1 is 1.15 bits per heavy atom. The van der Waals surface area contributed by atoms with Crippen molar-refractivity contribution < 1.29 is 19.5 Å². The molecule has 1 atom stereocenters. The minimum absolute atomic E-state index is 0.240. The number of aromatic nitrogens is 2. The van der Waals surface area contributed by atoms with Gasteiger partial charge in [0.1, 0.15) is 6.04 Å². The molecular weight excluding hydrogens is 434 g/mol. The number of imidazole rings is 1. The van der Waals surface area contributed by atoms with Crippen LogP contribution in [0.3, 0.4) is 0 Å². The monoisotopic (exact) mass is 461 g/mol. The van der Waals surface area contributed by atoms with Crippen LogP contribution in [-0.4, -0.2) is 56.5 Å². The lowest BCUT2D eigenvalue weighted by molar-refractivity contribution is -0.141. The maximum atomic E-state index is 13.2. The van der Waals surface area contributed by atoms with E-state index in [4.69, 9.17) is 0 Å². The van der Waals surface area contributed by atoms with Crippen molar-refractivity contribution in [3.63, 3.8) is 0 Å². The second-order valence-corrected chi connectivity index (χ2v) is 8.22. The van der Waals surface area contributed by atoms with E-state index in [2.05, 4.69) is 15.6 Å². The molecule has 0 saturated heterocycles. The third kappa shape index (κ3) is 5.80. The van der Waals surface area contributed by atoms with Crippen LogP contribution in [-0.2, 0) is 29.1 Å². The van der Waals surface area contributed by atoms with Crippen LogP contribution in [0.25, 0.3) is 0 Å². The Labute approximate surface area is 197 Å². The molecule has 0 spiro atoms. The standard InChI is InChI=1S/C25H27N5O4/c31-23(32)15-22-25(34)30(11-8-18-4-2-1-3-5-18)16-20-7-6-19(14-21(20)28-22)24(33)27-10-13-29-12-9-26-17-29/h1-7,9,12,14,17,22,28H,8,10-11,13,15-16H2,(H,27,33)(H,31,32)/t22-/m1/s1. The first kappa shape index (κ1) is 23.0. The van der Waals surface area contributed by atoms with Crippen molar-refractivity contribution in [3.05, 3.63) is 83.9 Å². The molecule has 9 nitrogen and oxygen atoms in total. The van der Waals surface area contributed by atoms with E-state index >= 15 is 0 Å². The Morgan fingerprint density at radius 2 is 1.97 bits per heavy atom. The van der Waals surface area contributed by atoms with Crippen molar-refractivity contribution in [2.45, 2.75) is 32.0 Å². The molecule has 1 aromatic heterocycles. The number of carbonyl (C=O) groups excluding carboxylic acids is 2. The minimum Gasteiger partial charge on any atom is -0.481 e. The Balaban J connectivity index is 1.48. The summed E-state index contributed by atoms with van der Waals surface area (Å²) in [6, 6.07) is 14.2. The number of nitrogens with one attached hydrogen (secondary N) is 2. The zero-order valence-electron chi connectivity index (χ0n) is 18.7. The Bertz CT molecular complexity index is 1150. The van der Waals surface area contributed by atoms with E-state index in [0.29, 0.717) is 43.9 Å². The molecule has 2 amide bonds. The van der Waals surface area contributed by atoms with Gasteiger partial charge in [-0.3, -0.25) is 14.4 Å². The summed E-state index contributed by atoms with van der Waals surface area (Å²) in [6.07, 6.45) is 5.50. The van der Waals surface area contributed by atoms with Gasteiger partial charge in [-0.1, -0.05) is 36.4 Å². The van der Waals surface area contributed by atoms with Gasteiger partial charge >= 0.3 is 5.97 Å². The maximum Gasteiger partial charge on any atom is 0.305 e. The van der Waals surface area contributed by atoms with Gasteiger partial charge in [-0.05, 0) is 29.7 Å². The maximum absolute atomic E-state index is 13.2. The van der Waals surface area contributed by atoms with Gasteiger partial charge in [0.05, 0.1) is 12.7 Å². The smallest absolute Gasteiger partial charge is 0.305 e. The number of carboxylic acids is 1. The average Bonchev–Trinajstić information content (AvgIpc) is 3.31. The van der Waals surface area contributed by atoms with E-state index in [1.807, 2.05) is 47.2 Å². The first-order valence-corrected chi connectivity index (χ1v) is 11.2. The average molecular weight is 462 g/mol. The molecule has 9 heteroatoms. The van der Waals surface area contributed by atoms with E-state index in [9.17, 15) is 19.5 Å². The summed E-state index contributed by atoms with van der Waals surface area (Å²) in [7, 11) is 0. The third-order valence-electron chi connectivity index (χ3n) is 5.78. The first-order valence-electron chi connectivity index (χ1n) is 11.2. The number of hydrogen-bond acceptors (Lipinski definition) is 5. The zero-order valence-corrected chi connectivity index (χ0v) is 18.7. The first-order chi connectivity index (χ1) is 16.5. The molecule has 4 rings (SSSR count). The number of fused-ring (bicyclic) bond motifs is 1. The molecule has 3 aromatic rings. The van der Waals surface area contributed by atoms with Crippen molar-refractivity contribution in [2.75, 3.05) is 18.4 Å². The summed E-state index contributed by atoms with van der Waals surface area (Å²) in [5, 5.41) is 15.3. The summed E-state index contributed by atoms with van der Waals surface area (Å²) >= 11 is 0. The Morgan fingerprint density at radius 3 is 2.71 bits per heavy atom. The molecule has 2 aromatic carbocycles. The summed E-state index contributed by atoms with van der Waals surface area (Å²) < 4.78 is 1.87. The summed E-state index contributed by atoms with van der Waals surface area (Å²) in [4.78, 5) is 42.9. The van der Waals surface area contributed by atoms with Crippen LogP contribution >= 0.6 is 0 Å². The molecule has 3 N–H and O–H groups in total. The van der Waals surface area contributed by atoms with Gasteiger partial charge in [0, 0.05) is 49.8 Å². The van der Waals surface area contributed by atoms with E-state index in [0.717, 1.165) is 11.1 Å². The fraction of sp³-hybridized carbons (Fsp3) is 0.280. The molecule has 0 fully saturated rings. The van der Waals surface area contributed by atoms with E-state index in [-0.39, 0.29) is 18.2 Å². The number of benzene rings is 2. The van der Waals surface area contributed by atoms with Gasteiger partial charge < -0.3 is 25.2 Å². The van der Waals surface area contributed by atoms with Gasteiger partial charge in [-0.25, -0.2) is 4.98 Å². The van der Waals surface area contributed by atoms with E-state index < -0.39 is 12.0 Å². The van der Waals surface area contributed by atoms with Crippen molar-refractivity contribution in [1.29, 1.82) is 0 Å². The van der Waals surface area contributed by atoms with Crippen molar-refractivity contribution >= 4 is 23.5 Å². The molecule has 1 aliphatic rings. The van der Waals surface area contributed by atoms with Crippen LogP contribution in [0.15, 0.2) is 67.3 Å². The van der Waals surface area contributed by atoms with Gasteiger partial charge in [-0.15, -0.1) is 0 Å². The minimum atomic E-state index is -1.06. The van der Waals surface area contributed by atoms with Crippen LogP contribution in [0.2, 0.25) is 0 Å². The van der Waals surface area contributed by atoms with Crippen LogP contribution in [0, 0.1) is 0 Å². The highest BCUT2D eigenvalue weighted by atomic mass is 16.4. The molecule has 0 radical (unpaired) electrons. The fourth-order valence-corrected chi connectivity index (χ4v) is 3.97. The lowest BCUT2D eigenvalue weighted by Crippen LogP contribution is -2.42. The summed E-state index contributed by atoms with van der Waals surface area (Å²) in [5.41, 5.74) is 2.98. The number of amides is 2.